The van der Waals surface area contributed by atoms with Gasteiger partial charge in [0, 0.05) is 19.5 Å². The van der Waals surface area contributed by atoms with Crippen LogP contribution in [-0.4, -0.2) is 16.2 Å². The van der Waals surface area contributed by atoms with Crippen molar-refractivity contribution in [3.05, 3.63) is 0 Å². The van der Waals surface area contributed by atoms with Gasteiger partial charge in [0.1, 0.15) is 0 Å². The number of hydrogen-bond donors (Lipinski definition) is 0. The van der Waals surface area contributed by atoms with Gasteiger partial charge in [-0.15, -0.1) is 0 Å². The molecule has 0 saturated carbocycles. The van der Waals surface area contributed by atoms with E-state index in [9.17, 15) is 0 Å². The van der Waals surface area contributed by atoms with Gasteiger partial charge in [-0.25, -0.2) is 0 Å². The molecule has 0 aromatic rings. The van der Waals surface area contributed by atoms with E-state index in [0.29, 0.717) is 16.2 Å². The third-order valence-electron chi connectivity index (χ3n) is 0. The van der Waals surface area contributed by atoms with Crippen LogP contribution in [0.4, 0.5) is 0 Å². The average Bonchev–Trinajstić information content (AvgIpc) is 1.50. The Kier molecular flexibility index (Phi) is 163. The summed E-state index contributed by atoms with van der Waals surface area (Å²) in [6, 6.07) is 0. The predicted molar refractivity (Wildman–Crippen MR) is 8.52 cm³/mol. The fourth-order valence-electron chi connectivity index (χ4n) is 0. The van der Waals surface area contributed by atoms with Crippen molar-refractivity contribution in [2.75, 3.05) is 0 Å². The summed E-state index contributed by atoms with van der Waals surface area (Å²) in [7, 11) is 0. The van der Waals surface area contributed by atoms with Gasteiger partial charge in [0.2, 0.25) is 0 Å². The SMILES string of the molecule is [O]=[AlH].[O]=[Ti].[Zn]. The topological polar surface area (TPSA) is 34.1 Å². The normalized spacial score (nSPS) is 1.20. The van der Waals surface area contributed by atoms with E-state index in [4.69, 9.17) is 7.13 Å². The summed E-state index contributed by atoms with van der Waals surface area (Å²) in [5.41, 5.74) is 0. The molecule has 0 N–H and O–H groups in total. The average molecular weight is 173 g/mol. The third kappa shape index (κ3) is 30.5. The van der Waals surface area contributed by atoms with Gasteiger partial charge in [-0.3, -0.25) is 0 Å². The quantitative estimate of drug-likeness (QED) is 0.445. The van der Waals surface area contributed by atoms with Gasteiger partial charge in [0.25, 0.3) is 0 Å². The summed E-state index contributed by atoms with van der Waals surface area (Å²) >= 11 is 1.36. The molecular formula is HAlO2TiZn. The molecule has 2 nitrogen and oxygen atoms in total. The predicted octanol–water partition coefficient (Wildman–Crippen LogP) is -0.891. The zero-order valence-electron chi connectivity index (χ0n) is 2.73. The summed E-state index contributed by atoms with van der Waals surface area (Å²) in [6.45, 7) is 0. The van der Waals surface area contributed by atoms with Crippen molar-refractivity contribution >= 4 is 16.2 Å². The Morgan fingerprint density at radius 2 is 1.20 bits per heavy atom. The molecule has 0 aliphatic rings. The molecule has 0 aliphatic heterocycles. The second-order valence-corrected chi connectivity index (χ2v) is 0. The van der Waals surface area contributed by atoms with Gasteiger partial charge in [0.05, 0.1) is 0 Å². The minimum absolute atomic E-state index is 0. The van der Waals surface area contributed by atoms with Gasteiger partial charge in [0.15, 0.2) is 0 Å². The van der Waals surface area contributed by atoms with E-state index in [1.807, 2.05) is 0 Å². The molecule has 0 fully saturated rings. The fraction of sp³-hybridized carbons (Fsp3) is 0. The van der Waals surface area contributed by atoms with E-state index in [1.54, 1.807) is 0 Å². The van der Waals surface area contributed by atoms with Crippen molar-refractivity contribution in [3.8, 4) is 0 Å². The molecule has 0 heterocycles. The first-order valence-corrected chi connectivity index (χ1v) is 1.71. The Morgan fingerprint density at radius 1 is 1.20 bits per heavy atom. The van der Waals surface area contributed by atoms with E-state index in [2.05, 4.69) is 0 Å². The number of hydrogen-bond acceptors (Lipinski definition) is 2. The number of rotatable bonds is 0. The third-order valence-corrected chi connectivity index (χ3v) is 0. The van der Waals surface area contributed by atoms with Crippen LogP contribution in [0.15, 0.2) is 0 Å². The summed E-state index contributed by atoms with van der Waals surface area (Å²) < 4.78 is 16.5. The summed E-state index contributed by atoms with van der Waals surface area (Å²) in [5.74, 6) is 0. The largest absolute Gasteiger partial charge is 0 e. The molecule has 0 aromatic heterocycles. The van der Waals surface area contributed by atoms with Crippen LogP contribution in [0.1, 0.15) is 0 Å². The molecule has 0 unspecified atom stereocenters. The molecule has 22 valence electrons. The van der Waals surface area contributed by atoms with Crippen LogP contribution >= 0.6 is 0 Å². The molecule has 0 aliphatic carbocycles. The minimum atomic E-state index is 0. The van der Waals surface area contributed by atoms with E-state index < -0.39 is 0 Å². The maximum atomic E-state index is 8.28. The van der Waals surface area contributed by atoms with E-state index in [0.717, 1.165) is 20.4 Å². The van der Waals surface area contributed by atoms with Gasteiger partial charge >= 0.3 is 43.8 Å². The fourth-order valence-corrected chi connectivity index (χ4v) is 0. The van der Waals surface area contributed by atoms with Crippen LogP contribution in [0.25, 0.3) is 0 Å². The Hall–Kier alpha value is 1.47. The molecule has 0 spiro atoms. The first-order valence-electron chi connectivity index (χ1n) is 0.493. The molecule has 0 radical (unpaired) electrons. The smallest absolute Gasteiger partial charge is 0 e. The Balaban J connectivity index is -0.0000000133. The van der Waals surface area contributed by atoms with Crippen molar-refractivity contribution in [2.24, 2.45) is 0 Å². The second kappa shape index (κ2) is 50.6. The van der Waals surface area contributed by atoms with Crippen molar-refractivity contribution in [2.45, 2.75) is 0 Å². The summed E-state index contributed by atoms with van der Waals surface area (Å²) in [4.78, 5) is 0. The molecule has 0 bridgehead atoms. The molecule has 0 aromatic carbocycles. The van der Waals surface area contributed by atoms with Gasteiger partial charge < -0.3 is 0 Å². The van der Waals surface area contributed by atoms with Crippen molar-refractivity contribution in [1.29, 1.82) is 0 Å². The second-order valence-electron chi connectivity index (χ2n) is 0. The Morgan fingerprint density at radius 3 is 1.20 bits per heavy atom. The van der Waals surface area contributed by atoms with Crippen LogP contribution in [0.2, 0.25) is 0 Å². The zero-order chi connectivity index (χ0) is 4.00. The van der Waals surface area contributed by atoms with Crippen LogP contribution < -0.4 is 0 Å². The maximum Gasteiger partial charge on any atom is 0 e. The van der Waals surface area contributed by atoms with E-state index in [-0.39, 0.29) is 19.5 Å². The van der Waals surface area contributed by atoms with Crippen LogP contribution in [0.5, 0.6) is 0 Å². The van der Waals surface area contributed by atoms with Crippen LogP contribution in [-0.2, 0) is 47.0 Å². The molecule has 0 saturated heterocycles. The first-order chi connectivity index (χ1) is 2.00. The monoisotopic (exact) mass is 172 g/mol. The Bertz CT molecular complexity index is 11.6. The molecule has 5 heavy (non-hydrogen) atoms. The van der Waals surface area contributed by atoms with Crippen LogP contribution in [0, 0.1) is 0 Å². The van der Waals surface area contributed by atoms with E-state index >= 15 is 0 Å². The van der Waals surface area contributed by atoms with Crippen molar-refractivity contribution < 1.29 is 47.0 Å². The van der Waals surface area contributed by atoms with Gasteiger partial charge in [-0.2, -0.15) is 0 Å². The van der Waals surface area contributed by atoms with Gasteiger partial charge in [-0.1, -0.05) is 0 Å². The first kappa shape index (κ1) is 16.1. The molecule has 0 rings (SSSR count). The molecular weight excluding hydrogens is 172 g/mol. The van der Waals surface area contributed by atoms with Crippen molar-refractivity contribution in [3.63, 3.8) is 0 Å². The maximum absolute atomic E-state index is 8.28. The van der Waals surface area contributed by atoms with Crippen molar-refractivity contribution in [1.82, 2.24) is 0 Å². The van der Waals surface area contributed by atoms with Gasteiger partial charge in [-0.05, 0) is 0 Å². The molecule has 0 amide bonds. The standard InChI is InChI=1S/Al.2O.Ti.Zn.H. The summed E-state index contributed by atoms with van der Waals surface area (Å²) in [6.07, 6.45) is 0. The Labute approximate surface area is 62.8 Å². The molecule has 5 heteroatoms. The minimum Gasteiger partial charge on any atom is 0 e. The molecule has 0 atom stereocenters. The zero-order valence-corrected chi connectivity index (χ0v) is 8.67. The van der Waals surface area contributed by atoms with E-state index in [1.165, 1.54) is 0 Å². The van der Waals surface area contributed by atoms with Crippen LogP contribution in [0.3, 0.4) is 0 Å². The summed E-state index contributed by atoms with van der Waals surface area (Å²) in [5, 5.41) is 0.